The van der Waals surface area contributed by atoms with Crippen molar-refractivity contribution in [2.75, 3.05) is 46.4 Å². The number of nitrogens with one attached hydrogen (secondary N) is 2. The molecule has 138 valence electrons. The Bertz CT molecular complexity index is 424. The first-order valence-electron chi connectivity index (χ1n) is 8.64. The molecule has 0 radical (unpaired) electrons. The fourth-order valence-electron chi connectivity index (χ4n) is 2.26. The number of rotatable bonds is 11. The third kappa shape index (κ3) is 10.7. The maximum atomic E-state index is 5.67. The van der Waals surface area contributed by atoms with Crippen molar-refractivity contribution in [1.82, 2.24) is 15.5 Å². The lowest BCUT2D eigenvalue weighted by molar-refractivity contribution is 0.300. The number of para-hydroxylation sites is 1. The number of hydrogen-bond acceptors (Lipinski definition) is 3. The zero-order valence-electron chi connectivity index (χ0n) is 15.3. The zero-order valence-corrected chi connectivity index (χ0v) is 17.6. The summed E-state index contributed by atoms with van der Waals surface area (Å²) in [5.74, 6) is 1.79. The first kappa shape index (κ1) is 23.0. The van der Waals surface area contributed by atoms with E-state index in [1.54, 1.807) is 7.05 Å². The molecule has 0 unspecified atom stereocenters. The molecule has 0 saturated heterocycles. The second kappa shape index (κ2) is 15.5. The maximum Gasteiger partial charge on any atom is 0.190 e. The highest BCUT2D eigenvalue weighted by Crippen LogP contribution is 2.07. The average molecular weight is 448 g/mol. The van der Waals surface area contributed by atoms with Crippen molar-refractivity contribution >= 4 is 29.9 Å². The highest BCUT2D eigenvalue weighted by atomic mass is 127. The Balaban J connectivity index is 0.00000529. The summed E-state index contributed by atoms with van der Waals surface area (Å²) in [4.78, 5) is 6.67. The van der Waals surface area contributed by atoms with Gasteiger partial charge in [-0.25, -0.2) is 0 Å². The Morgan fingerprint density at radius 1 is 1.04 bits per heavy atom. The molecule has 2 N–H and O–H groups in total. The van der Waals surface area contributed by atoms with Crippen LogP contribution in [0.15, 0.2) is 35.3 Å². The van der Waals surface area contributed by atoms with Gasteiger partial charge in [-0.2, -0.15) is 0 Å². The van der Waals surface area contributed by atoms with Gasteiger partial charge in [-0.05, 0) is 44.6 Å². The van der Waals surface area contributed by atoms with E-state index in [1.807, 2.05) is 30.3 Å². The van der Waals surface area contributed by atoms with Gasteiger partial charge in [-0.1, -0.05) is 32.0 Å². The molecule has 0 saturated carbocycles. The van der Waals surface area contributed by atoms with Gasteiger partial charge < -0.3 is 20.3 Å². The molecule has 1 aromatic carbocycles. The summed E-state index contributed by atoms with van der Waals surface area (Å²) in [6, 6.07) is 9.91. The van der Waals surface area contributed by atoms with Crippen LogP contribution in [0.4, 0.5) is 0 Å². The summed E-state index contributed by atoms with van der Waals surface area (Å²) < 4.78 is 5.67. The normalized spacial score (nSPS) is 11.1. The van der Waals surface area contributed by atoms with E-state index >= 15 is 0 Å². The lowest BCUT2D eigenvalue weighted by Gasteiger charge is -2.18. The topological polar surface area (TPSA) is 48.9 Å². The molecule has 6 heteroatoms. The van der Waals surface area contributed by atoms with Gasteiger partial charge >= 0.3 is 0 Å². The minimum absolute atomic E-state index is 0. The molecule has 0 bridgehead atoms. The number of halogens is 1. The number of benzene rings is 1. The largest absolute Gasteiger partial charge is 0.494 e. The van der Waals surface area contributed by atoms with Crippen LogP contribution < -0.4 is 15.4 Å². The van der Waals surface area contributed by atoms with E-state index in [0.717, 1.165) is 57.3 Å². The number of nitrogens with zero attached hydrogens (tertiary/aromatic N) is 2. The molecule has 0 atom stereocenters. The zero-order chi connectivity index (χ0) is 16.8. The van der Waals surface area contributed by atoms with E-state index in [9.17, 15) is 0 Å². The van der Waals surface area contributed by atoms with E-state index in [-0.39, 0.29) is 24.0 Å². The number of ether oxygens (including phenoxy) is 1. The van der Waals surface area contributed by atoms with Crippen molar-refractivity contribution < 1.29 is 4.74 Å². The van der Waals surface area contributed by atoms with Gasteiger partial charge in [0.25, 0.3) is 0 Å². The Morgan fingerprint density at radius 2 is 1.67 bits per heavy atom. The van der Waals surface area contributed by atoms with E-state index < -0.39 is 0 Å². The first-order valence-corrected chi connectivity index (χ1v) is 8.64. The average Bonchev–Trinajstić information content (AvgIpc) is 2.60. The molecule has 5 nitrogen and oxygen atoms in total. The summed E-state index contributed by atoms with van der Waals surface area (Å²) in [7, 11) is 1.81. The van der Waals surface area contributed by atoms with Crippen LogP contribution in [0.25, 0.3) is 0 Å². The summed E-state index contributed by atoms with van der Waals surface area (Å²) in [6.45, 7) is 10.3. The van der Waals surface area contributed by atoms with E-state index in [1.165, 1.54) is 0 Å². The number of guanidine groups is 1. The van der Waals surface area contributed by atoms with Gasteiger partial charge in [-0.3, -0.25) is 4.99 Å². The highest BCUT2D eigenvalue weighted by Gasteiger charge is 2.00. The summed E-state index contributed by atoms with van der Waals surface area (Å²) >= 11 is 0. The van der Waals surface area contributed by atoms with Crippen molar-refractivity contribution in [3.8, 4) is 5.75 Å². The van der Waals surface area contributed by atoms with Crippen LogP contribution in [-0.4, -0.2) is 57.2 Å². The predicted molar refractivity (Wildman–Crippen MR) is 114 cm³/mol. The second-order valence-corrected chi connectivity index (χ2v) is 5.32. The molecule has 0 amide bonds. The molecule has 1 aromatic rings. The molecule has 1 rings (SSSR count). The molecular formula is C18H33IN4O. The standard InChI is InChI=1S/C18H32N4O.HI/c1-4-22(5-2)15-9-13-20-18(19-3)21-14-10-16-23-17-11-7-6-8-12-17;/h6-8,11-12H,4-5,9-10,13-16H2,1-3H3,(H2,19,20,21);1H. The molecule has 0 aliphatic heterocycles. The molecule has 0 fully saturated rings. The molecule has 0 aromatic heterocycles. The van der Waals surface area contributed by atoms with Gasteiger partial charge in [0.1, 0.15) is 5.75 Å². The summed E-state index contributed by atoms with van der Waals surface area (Å²) in [5.41, 5.74) is 0. The van der Waals surface area contributed by atoms with E-state index in [2.05, 4.69) is 34.4 Å². The van der Waals surface area contributed by atoms with Crippen LogP contribution >= 0.6 is 24.0 Å². The fourth-order valence-corrected chi connectivity index (χ4v) is 2.26. The van der Waals surface area contributed by atoms with Crippen LogP contribution in [0.1, 0.15) is 26.7 Å². The van der Waals surface area contributed by atoms with Crippen molar-refractivity contribution in [2.45, 2.75) is 26.7 Å². The van der Waals surface area contributed by atoms with E-state index in [4.69, 9.17) is 4.74 Å². The highest BCUT2D eigenvalue weighted by molar-refractivity contribution is 14.0. The SMILES string of the molecule is CCN(CC)CCCNC(=NC)NCCCOc1ccccc1.I. The smallest absolute Gasteiger partial charge is 0.190 e. The lowest BCUT2D eigenvalue weighted by atomic mass is 10.3. The first-order chi connectivity index (χ1) is 11.3. The van der Waals surface area contributed by atoms with Gasteiger partial charge in [0.2, 0.25) is 0 Å². The Morgan fingerprint density at radius 3 is 2.25 bits per heavy atom. The fraction of sp³-hybridized carbons (Fsp3) is 0.611. The lowest BCUT2D eigenvalue weighted by Crippen LogP contribution is -2.39. The molecule has 24 heavy (non-hydrogen) atoms. The molecule has 0 aliphatic rings. The third-order valence-corrected chi connectivity index (χ3v) is 3.69. The molecule has 0 heterocycles. The minimum atomic E-state index is 0. The van der Waals surface area contributed by atoms with Gasteiger partial charge in [0.05, 0.1) is 6.61 Å². The Hall–Kier alpha value is -1.02. The summed E-state index contributed by atoms with van der Waals surface area (Å²) in [5, 5.41) is 6.67. The van der Waals surface area contributed by atoms with Crippen molar-refractivity contribution in [3.05, 3.63) is 30.3 Å². The molecule has 0 aliphatic carbocycles. The van der Waals surface area contributed by atoms with Gasteiger partial charge in [0.15, 0.2) is 5.96 Å². The molecular weight excluding hydrogens is 415 g/mol. The Labute approximate surface area is 164 Å². The number of hydrogen-bond donors (Lipinski definition) is 2. The Kier molecular flexibility index (Phi) is 14.8. The van der Waals surface area contributed by atoms with Gasteiger partial charge in [-0.15, -0.1) is 24.0 Å². The minimum Gasteiger partial charge on any atom is -0.494 e. The van der Waals surface area contributed by atoms with Crippen molar-refractivity contribution in [2.24, 2.45) is 4.99 Å². The van der Waals surface area contributed by atoms with Crippen LogP contribution in [0.3, 0.4) is 0 Å². The predicted octanol–water partition coefficient (Wildman–Crippen LogP) is 2.97. The van der Waals surface area contributed by atoms with Crippen molar-refractivity contribution in [3.63, 3.8) is 0 Å². The maximum absolute atomic E-state index is 5.67. The summed E-state index contributed by atoms with van der Waals surface area (Å²) in [6.07, 6.45) is 2.06. The monoisotopic (exact) mass is 448 g/mol. The van der Waals surface area contributed by atoms with Crippen LogP contribution in [-0.2, 0) is 0 Å². The van der Waals surface area contributed by atoms with E-state index in [0.29, 0.717) is 6.61 Å². The van der Waals surface area contributed by atoms with Gasteiger partial charge in [0, 0.05) is 20.1 Å². The van der Waals surface area contributed by atoms with Crippen LogP contribution in [0.2, 0.25) is 0 Å². The van der Waals surface area contributed by atoms with Crippen LogP contribution in [0.5, 0.6) is 5.75 Å². The second-order valence-electron chi connectivity index (χ2n) is 5.32. The van der Waals surface area contributed by atoms with Crippen molar-refractivity contribution in [1.29, 1.82) is 0 Å². The molecule has 0 spiro atoms. The van der Waals surface area contributed by atoms with Crippen LogP contribution in [0, 0.1) is 0 Å². The third-order valence-electron chi connectivity index (χ3n) is 3.69. The number of aliphatic imine (C=N–C) groups is 1. The quantitative estimate of drug-likeness (QED) is 0.237.